The summed E-state index contributed by atoms with van der Waals surface area (Å²) >= 11 is 0. The van der Waals surface area contributed by atoms with Crippen molar-refractivity contribution in [2.45, 2.75) is 118 Å². The highest BCUT2D eigenvalue weighted by molar-refractivity contribution is 6.09. The van der Waals surface area contributed by atoms with Crippen molar-refractivity contribution in [3.63, 3.8) is 0 Å². The maximum Gasteiger partial charge on any atom is 0.227 e. The van der Waals surface area contributed by atoms with E-state index in [0.29, 0.717) is 11.6 Å². The van der Waals surface area contributed by atoms with Crippen molar-refractivity contribution >= 4 is 27.8 Å². The molecule has 8 aromatic rings. The van der Waals surface area contributed by atoms with Crippen LogP contribution in [0.3, 0.4) is 0 Å². The summed E-state index contributed by atoms with van der Waals surface area (Å²) in [6.45, 7) is 30.2. The zero-order valence-corrected chi connectivity index (χ0v) is 39.1. The first kappa shape index (κ1) is 40.9. The number of hydrogen-bond acceptors (Lipinski definition) is 2. The van der Waals surface area contributed by atoms with Crippen LogP contribution in [0, 0.1) is 27.7 Å². The highest BCUT2D eigenvalue weighted by atomic mass is 16.3. The van der Waals surface area contributed by atoms with Gasteiger partial charge in [-0.15, -0.1) is 0 Å². The van der Waals surface area contributed by atoms with Gasteiger partial charge >= 0.3 is 0 Å². The van der Waals surface area contributed by atoms with Crippen LogP contribution in [0.1, 0.15) is 129 Å². The Labute approximate surface area is 374 Å². The number of furan rings is 1. The predicted octanol–water partition coefficient (Wildman–Crippen LogP) is 14.8. The minimum Gasteiger partial charge on any atom is -0.437 e. The largest absolute Gasteiger partial charge is 0.437 e. The minimum absolute atomic E-state index is 0.0560. The molecule has 6 heterocycles. The first-order valence-corrected chi connectivity index (χ1v) is 23.1. The van der Waals surface area contributed by atoms with Crippen LogP contribution in [-0.2, 0) is 11.8 Å². The third-order valence-corrected chi connectivity index (χ3v) is 14.3. The van der Waals surface area contributed by atoms with E-state index >= 15 is 0 Å². The summed E-state index contributed by atoms with van der Waals surface area (Å²) in [7, 11) is 0. The van der Waals surface area contributed by atoms with E-state index < -0.39 is 0 Å². The van der Waals surface area contributed by atoms with Crippen molar-refractivity contribution in [3.05, 3.63) is 166 Å². The molecule has 0 N–H and O–H groups in total. The predicted molar refractivity (Wildman–Crippen MR) is 261 cm³/mol. The van der Waals surface area contributed by atoms with E-state index in [1.165, 1.54) is 78.0 Å². The third kappa shape index (κ3) is 6.59. The van der Waals surface area contributed by atoms with E-state index in [9.17, 15) is 0 Å². The molecule has 0 amide bonds. The van der Waals surface area contributed by atoms with Gasteiger partial charge in [0.15, 0.2) is 29.7 Å². The van der Waals surface area contributed by atoms with E-state index in [1.54, 1.807) is 0 Å². The molecule has 0 saturated carbocycles. The van der Waals surface area contributed by atoms with Gasteiger partial charge in [-0.2, -0.15) is 9.13 Å². The number of pyridine rings is 3. The van der Waals surface area contributed by atoms with Gasteiger partial charge in [-0.1, -0.05) is 121 Å². The third-order valence-electron chi connectivity index (χ3n) is 14.3. The second kappa shape index (κ2) is 15.0. The first-order chi connectivity index (χ1) is 30.1. The van der Waals surface area contributed by atoms with E-state index in [1.807, 2.05) is 0 Å². The molecule has 4 aromatic heterocycles. The maximum absolute atomic E-state index is 7.21. The fourth-order valence-electron chi connectivity index (χ4n) is 11.1. The molecular weight excluding hydrogens is 767 g/mol. The standard InChI is InChI=1S/C59H61N3O/c1-33(2)42-23-24-43(40-16-14-13-15-17-40)53(34(3)4)56(42)49-26-25-46-45-22-19-41-20-27-50-54(47-28-35(5)18-21-44(47)51-29-36(6)38(8)31-62(50)51)39(9)61-32-48(59(10,11)12)37(7)30-52(61)55(41)57(45)63-58(46)60-49/h13-19,21-26,28-34,50,54H,9,20,27H2,1-8,10-12H3/q+2. The molecule has 63 heavy (non-hydrogen) atoms. The lowest BCUT2D eigenvalue weighted by Gasteiger charge is -2.30. The molecule has 316 valence electrons. The summed E-state index contributed by atoms with van der Waals surface area (Å²) in [6.07, 6.45) is 6.63. The van der Waals surface area contributed by atoms with Crippen LogP contribution >= 0.6 is 0 Å². The summed E-state index contributed by atoms with van der Waals surface area (Å²) in [6, 6.07) is 36.5. The van der Waals surface area contributed by atoms with Gasteiger partial charge in [-0.3, -0.25) is 0 Å². The summed E-state index contributed by atoms with van der Waals surface area (Å²) < 4.78 is 12.2. The highest BCUT2D eigenvalue weighted by Crippen LogP contribution is 2.48. The molecule has 2 aliphatic rings. The molecule has 0 fully saturated rings. The molecule has 0 bridgehead atoms. The van der Waals surface area contributed by atoms with Crippen molar-refractivity contribution in [1.82, 2.24) is 4.98 Å². The quantitative estimate of drug-likeness (QED) is 0.166. The Morgan fingerprint density at radius 3 is 2.17 bits per heavy atom. The fourth-order valence-corrected chi connectivity index (χ4v) is 11.1. The van der Waals surface area contributed by atoms with Gasteiger partial charge in [0.2, 0.25) is 17.1 Å². The highest BCUT2D eigenvalue weighted by Gasteiger charge is 2.47. The molecule has 4 aromatic carbocycles. The lowest BCUT2D eigenvalue weighted by molar-refractivity contribution is -0.720. The summed E-state index contributed by atoms with van der Waals surface area (Å²) in [5.41, 5.74) is 23.8. The van der Waals surface area contributed by atoms with Crippen LogP contribution < -0.4 is 9.13 Å². The zero-order valence-electron chi connectivity index (χ0n) is 39.1. The maximum atomic E-state index is 7.21. The van der Waals surface area contributed by atoms with Gasteiger partial charge in [0.05, 0.1) is 16.8 Å². The van der Waals surface area contributed by atoms with Crippen molar-refractivity contribution in [3.8, 4) is 44.9 Å². The van der Waals surface area contributed by atoms with Gasteiger partial charge in [0.1, 0.15) is 5.92 Å². The SMILES string of the molecule is C=C1C2c3cc(C)ccc3-c3cc(C)c(C)c[n+]3C2CCc2ccc3c(oc4nc(-c5c(C(C)C)ccc(-c6ccccc6)c5C(C)C)ccc43)c2-c2cc(C)c(C(C)(C)C)c[n+]21. The number of nitrogens with zero attached hydrogens (tertiary/aromatic N) is 3. The van der Waals surface area contributed by atoms with Crippen LogP contribution in [0.15, 0.2) is 120 Å². The second-order valence-corrected chi connectivity index (χ2v) is 20.3. The Kier molecular flexibility index (Phi) is 9.75. The normalized spacial score (nSPS) is 16.0. The summed E-state index contributed by atoms with van der Waals surface area (Å²) in [5, 5.41) is 2.13. The molecule has 4 heteroatoms. The Balaban J connectivity index is 1.23. The van der Waals surface area contributed by atoms with Gasteiger partial charge in [-0.05, 0) is 121 Å². The molecule has 0 aliphatic carbocycles. The van der Waals surface area contributed by atoms with Crippen molar-refractivity contribution in [2.75, 3.05) is 0 Å². The van der Waals surface area contributed by atoms with Crippen molar-refractivity contribution in [2.24, 2.45) is 0 Å². The van der Waals surface area contributed by atoms with Crippen LogP contribution in [0.25, 0.3) is 72.7 Å². The molecule has 0 saturated heterocycles. The number of aromatic nitrogens is 3. The van der Waals surface area contributed by atoms with Gasteiger partial charge in [0.25, 0.3) is 0 Å². The molecule has 4 nitrogen and oxygen atoms in total. The number of fused-ring (bicyclic) bond motifs is 13. The summed E-state index contributed by atoms with van der Waals surface area (Å²) in [5.74, 6) is 0.659. The zero-order chi connectivity index (χ0) is 44.2. The summed E-state index contributed by atoms with van der Waals surface area (Å²) in [4.78, 5) is 5.49. The molecular formula is C59H61N3O+2. The van der Waals surface area contributed by atoms with Gasteiger partial charge in [-0.25, -0.2) is 4.98 Å². The van der Waals surface area contributed by atoms with E-state index in [0.717, 1.165) is 51.8 Å². The average Bonchev–Trinajstić information content (AvgIpc) is 3.64. The molecule has 10 rings (SSSR count). The van der Waals surface area contributed by atoms with Crippen LogP contribution in [-0.4, -0.2) is 4.98 Å². The number of rotatable bonds is 4. The van der Waals surface area contributed by atoms with Crippen LogP contribution in [0.4, 0.5) is 0 Å². The molecule has 0 radical (unpaired) electrons. The number of hydrogen-bond donors (Lipinski definition) is 0. The Morgan fingerprint density at radius 1 is 0.714 bits per heavy atom. The van der Waals surface area contributed by atoms with Crippen molar-refractivity contribution < 1.29 is 13.6 Å². The monoisotopic (exact) mass is 827 g/mol. The lowest BCUT2D eigenvalue weighted by Crippen LogP contribution is -2.51. The minimum atomic E-state index is -0.0721. The Morgan fingerprint density at radius 2 is 1.44 bits per heavy atom. The molecule has 2 aliphatic heterocycles. The smallest absolute Gasteiger partial charge is 0.227 e. The Hall–Kier alpha value is -6.13. The van der Waals surface area contributed by atoms with Gasteiger partial charge in [0, 0.05) is 46.0 Å². The van der Waals surface area contributed by atoms with Crippen LogP contribution in [0.2, 0.25) is 0 Å². The van der Waals surface area contributed by atoms with E-state index in [4.69, 9.17) is 16.0 Å². The molecule has 2 atom stereocenters. The van der Waals surface area contributed by atoms with E-state index in [2.05, 4.69) is 195 Å². The number of benzene rings is 4. The van der Waals surface area contributed by atoms with Crippen molar-refractivity contribution in [1.29, 1.82) is 0 Å². The number of allylic oxidation sites excluding steroid dienone is 1. The van der Waals surface area contributed by atoms with Gasteiger partial charge < -0.3 is 4.42 Å². The molecule has 0 spiro atoms. The molecule has 2 unspecified atom stereocenters. The van der Waals surface area contributed by atoms with Crippen LogP contribution in [0.5, 0.6) is 0 Å². The number of aryl methyl sites for hydroxylation is 5. The average molecular weight is 828 g/mol. The van der Waals surface area contributed by atoms with E-state index in [-0.39, 0.29) is 23.3 Å². The lowest BCUT2D eigenvalue weighted by atomic mass is 9.78. The second-order valence-electron chi connectivity index (χ2n) is 20.3. The first-order valence-electron chi connectivity index (χ1n) is 23.1. The topological polar surface area (TPSA) is 33.8 Å². The Bertz CT molecular complexity index is 3170. The fraction of sp³-hybridized carbons (Fsp3) is 0.305.